The maximum Gasteiger partial charge on any atom is 0.408 e. The summed E-state index contributed by atoms with van der Waals surface area (Å²) in [6.07, 6.45) is 4.02. The lowest BCUT2D eigenvalue weighted by Gasteiger charge is -2.38. The van der Waals surface area contributed by atoms with Gasteiger partial charge in [-0.3, -0.25) is 9.59 Å². The van der Waals surface area contributed by atoms with Crippen LogP contribution >= 0.6 is 0 Å². The molecule has 0 bridgehead atoms. The standard InChI is InChI=1S/C25H39N3O6/c1-16(2)28(23(32)19(15-29)27-24(33)34-25(3,4)5)21(18-13-9-10-14-20(18)30)22(31)26-17-11-7-6-8-12-17/h9-10,13-14,16-17,19,21,29-30H,6-8,11-12,15H2,1-5H3,(H,26,31)(H,27,33). The van der Waals surface area contributed by atoms with Gasteiger partial charge in [0.05, 0.1) is 6.61 Å². The van der Waals surface area contributed by atoms with Gasteiger partial charge in [-0.05, 0) is 53.5 Å². The van der Waals surface area contributed by atoms with Crippen molar-refractivity contribution in [3.63, 3.8) is 0 Å². The molecule has 0 aromatic heterocycles. The lowest BCUT2D eigenvalue weighted by molar-refractivity contribution is -0.145. The number of carbonyl (C=O) groups excluding carboxylic acids is 3. The Morgan fingerprint density at radius 3 is 2.26 bits per heavy atom. The molecule has 3 amide bonds. The highest BCUT2D eigenvalue weighted by atomic mass is 16.6. The zero-order valence-corrected chi connectivity index (χ0v) is 20.8. The molecule has 2 atom stereocenters. The number of nitrogens with one attached hydrogen (secondary N) is 2. The Bertz CT molecular complexity index is 845. The third-order valence-electron chi connectivity index (χ3n) is 5.69. The number of aliphatic hydroxyl groups excluding tert-OH is 1. The van der Waals surface area contributed by atoms with E-state index in [1.165, 1.54) is 11.0 Å². The number of alkyl carbamates (subject to hydrolysis) is 1. The molecular weight excluding hydrogens is 438 g/mol. The Morgan fingerprint density at radius 1 is 1.12 bits per heavy atom. The summed E-state index contributed by atoms with van der Waals surface area (Å²) in [5.41, 5.74) is -0.518. The van der Waals surface area contributed by atoms with E-state index in [1.54, 1.807) is 52.8 Å². The van der Waals surface area contributed by atoms with Gasteiger partial charge >= 0.3 is 6.09 Å². The monoisotopic (exact) mass is 477 g/mol. The van der Waals surface area contributed by atoms with E-state index in [0.29, 0.717) is 0 Å². The van der Waals surface area contributed by atoms with Gasteiger partial charge in [0.2, 0.25) is 11.8 Å². The predicted molar refractivity (Wildman–Crippen MR) is 128 cm³/mol. The van der Waals surface area contributed by atoms with E-state index in [2.05, 4.69) is 10.6 Å². The van der Waals surface area contributed by atoms with Gasteiger partial charge in [0.15, 0.2) is 0 Å². The average Bonchev–Trinajstić information content (AvgIpc) is 2.75. The first-order chi connectivity index (χ1) is 15.9. The predicted octanol–water partition coefficient (Wildman–Crippen LogP) is 3.00. The highest BCUT2D eigenvalue weighted by molar-refractivity contribution is 5.93. The molecule has 1 saturated carbocycles. The fourth-order valence-electron chi connectivity index (χ4n) is 4.16. The number of ether oxygens (including phenoxy) is 1. The van der Waals surface area contributed by atoms with Crippen LogP contribution in [0.15, 0.2) is 24.3 Å². The Morgan fingerprint density at radius 2 is 1.74 bits per heavy atom. The third-order valence-corrected chi connectivity index (χ3v) is 5.69. The first kappa shape index (κ1) is 27.4. The van der Waals surface area contributed by atoms with Gasteiger partial charge in [0.25, 0.3) is 0 Å². The van der Waals surface area contributed by atoms with Gasteiger partial charge in [0.1, 0.15) is 23.4 Å². The molecule has 0 saturated heterocycles. The van der Waals surface area contributed by atoms with Gasteiger partial charge in [-0.2, -0.15) is 0 Å². The van der Waals surface area contributed by atoms with Crippen LogP contribution in [-0.4, -0.2) is 63.4 Å². The first-order valence-corrected chi connectivity index (χ1v) is 12.0. The van der Waals surface area contributed by atoms with Crippen molar-refractivity contribution in [2.45, 2.75) is 96.5 Å². The number of phenols is 1. The number of hydrogen-bond donors (Lipinski definition) is 4. The number of hydrogen-bond acceptors (Lipinski definition) is 6. The summed E-state index contributed by atoms with van der Waals surface area (Å²) in [5, 5.41) is 25.9. The van der Waals surface area contributed by atoms with Crippen LogP contribution in [0, 0.1) is 0 Å². The van der Waals surface area contributed by atoms with E-state index >= 15 is 0 Å². The molecule has 9 heteroatoms. The minimum Gasteiger partial charge on any atom is -0.508 e. The molecule has 9 nitrogen and oxygen atoms in total. The summed E-state index contributed by atoms with van der Waals surface area (Å²) in [5.74, 6) is -1.19. The summed E-state index contributed by atoms with van der Waals surface area (Å²) in [4.78, 5) is 40.7. The van der Waals surface area contributed by atoms with Crippen molar-refractivity contribution in [2.24, 2.45) is 0 Å². The van der Waals surface area contributed by atoms with Gasteiger partial charge in [0, 0.05) is 17.6 Å². The van der Waals surface area contributed by atoms with E-state index in [9.17, 15) is 24.6 Å². The van der Waals surface area contributed by atoms with Gasteiger partial charge < -0.3 is 30.5 Å². The van der Waals surface area contributed by atoms with Crippen molar-refractivity contribution in [1.29, 1.82) is 0 Å². The van der Waals surface area contributed by atoms with E-state index in [0.717, 1.165) is 32.1 Å². The van der Waals surface area contributed by atoms with E-state index < -0.39 is 48.2 Å². The Hall–Kier alpha value is -2.81. The number of para-hydroxylation sites is 1. The molecular formula is C25H39N3O6. The van der Waals surface area contributed by atoms with Gasteiger partial charge in [-0.15, -0.1) is 0 Å². The SMILES string of the molecule is CC(C)N(C(=O)C(CO)NC(=O)OC(C)(C)C)C(C(=O)NC1CCCCC1)c1ccccc1O. The molecule has 2 unspecified atom stereocenters. The van der Waals surface area contributed by atoms with Crippen LogP contribution < -0.4 is 10.6 Å². The molecule has 4 N–H and O–H groups in total. The Labute approximate surface area is 201 Å². The quantitative estimate of drug-likeness (QED) is 0.456. The summed E-state index contributed by atoms with van der Waals surface area (Å²) < 4.78 is 5.22. The summed E-state index contributed by atoms with van der Waals surface area (Å²) in [6.45, 7) is 7.85. The maximum absolute atomic E-state index is 13.6. The normalized spacial score (nSPS) is 16.4. The van der Waals surface area contributed by atoms with Crippen LogP contribution in [0.4, 0.5) is 4.79 Å². The van der Waals surface area contributed by atoms with Crippen molar-refractivity contribution in [3.8, 4) is 5.75 Å². The molecule has 0 aliphatic heterocycles. The van der Waals surface area contributed by atoms with E-state index in [1.807, 2.05) is 0 Å². The number of amides is 3. The zero-order valence-electron chi connectivity index (χ0n) is 20.8. The van der Waals surface area contributed by atoms with Crippen LogP contribution in [0.25, 0.3) is 0 Å². The maximum atomic E-state index is 13.6. The van der Waals surface area contributed by atoms with Gasteiger partial charge in [-0.1, -0.05) is 37.5 Å². The fraction of sp³-hybridized carbons (Fsp3) is 0.640. The summed E-state index contributed by atoms with van der Waals surface area (Å²) in [7, 11) is 0. The second-order valence-electron chi connectivity index (χ2n) is 10.0. The van der Waals surface area contributed by atoms with Crippen LogP contribution in [0.5, 0.6) is 5.75 Å². The van der Waals surface area contributed by atoms with Crippen LogP contribution in [0.3, 0.4) is 0 Å². The number of carbonyl (C=O) groups is 3. The number of aromatic hydroxyl groups is 1. The highest BCUT2D eigenvalue weighted by Gasteiger charge is 2.39. The number of phenolic OH excluding ortho intramolecular Hbond substituents is 1. The van der Waals surface area contributed by atoms with Gasteiger partial charge in [-0.25, -0.2) is 4.79 Å². The third kappa shape index (κ3) is 7.62. The van der Waals surface area contributed by atoms with E-state index in [-0.39, 0.29) is 17.4 Å². The molecule has 1 aromatic carbocycles. The molecule has 1 aliphatic rings. The summed E-state index contributed by atoms with van der Waals surface area (Å²) in [6, 6.07) is 3.41. The van der Waals surface area contributed by atoms with Crippen molar-refractivity contribution in [1.82, 2.24) is 15.5 Å². The van der Waals surface area contributed by atoms with Crippen molar-refractivity contribution in [3.05, 3.63) is 29.8 Å². The number of aliphatic hydroxyl groups is 1. The van der Waals surface area contributed by atoms with Crippen molar-refractivity contribution < 1.29 is 29.3 Å². The molecule has 0 radical (unpaired) electrons. The molecule has 1 aliphatic carbocycles. The molecule has 34 heavy (non-hydrogen) atoms. The van der Waals surface area contributed by atoms with Crippen LogP contribution in [0.1, 0.15) is 78.3 Å². The number of benzene rings is 1. The van der Waals surface area contributed by atoms with Crippen LogP contribution in [-0.2, 0) is 14.3 Å². The molecule has 1 fully saturated rings. The smallest absolute Gasteiger partial charge is 0.408 e. The second-order valence-corrected chi connectivity index (χ2v) is 10.0. The lowest BCUT2D eigenvalue weighted by Crippen LogP contribution is -2.56. The van der Waals surface area contributed by atoms with Crippen molar-refractivity contribution in [2.75, 3.05) is 6.61 Å². The molecule has 1 aromatic rings. The minimum absolute atomic E-state index is 0.00718. The van der Waals surface area contributed by atoms with Crippen LogP contribution in [0.2, 0.25) is 0 Å². The Kier molecular flexibility index (Phi) is 9.73. The molecule has 0 heterocycles. The Balaban J connectivity index is 2.38. The van der Waals surface area contributed by atoms with Crippen molar-refractivity contribution >= 4 is 17.9 Å². The molecule has 190 valence electrons. The first-order valence-electron chi connectivity index (χ1n) is 12.0. The zero-order chi connectivity index (χ0) is 25.5. The second kappa shape index (κ2) is 12.1. The summed E-state index contributed by atoms with van der Waals surface area (Å²) >= 11 is 0. The molecule has 2 rings (SSSR count). The number of nitrogens with zero attached hydrogens (tertiary/aromatic N) is 1. The molecule has 0 spiro atoms. The minimum atomic E-state index is -1.33. The van der Waals surface area contributed by atoms with E-state index in [4.69, 9.17) is 4.74 Å². The topological polar surface area (TPSA) is 128 Å². The highest BCUT2D eigenvalue weighted by Crippen LogP contribution is 2.31. The number of rotatable bonds is 8. The fourth-order valence-corrected chi connectivity index (χ4v) is 4.16. The lowest BCUT2D eigenvalue weighted by atomic mass is 9.94. The average molecular weight is 478 g/mol. The largest absolute Gasteiger partial charge is 0.508 e.